The first-order chi connectivity index (χ1) is 9.30. The molecule has 0 aromatic heterocycles. The normalized spacial score (nSPS) is 11.3. The zero-order valence-corrected chi connectivity index (χ0v) is 10.1. The standard InChI is InChI=1S/C13H10F3NO3/c14-13(15,16)20-11-7-9(2-1-5-17)6-10(8-11)3-4-12(18)19/h3-4,6-8H,1-2H2,(H,18,19)/b4-3+. The number of carbonyl (C=O) groups is 1. The van der Waals surface area contributed by atoms with Crippen LogP contribution in [-0.2, 0) is 11.2 Å². The van der Waals surface area contributed by atoms with Crippen molar-refractivity contribution < 1.29 is 27.8 Å². The summed E-state index contributed by atoms with van der Waals surface area (Å²) in [5.41, 5.74) is 0.709. The lowest BCUT2D eigenvalue weighted by atomic mass is 10.1. The molecule has 1 aromatic rings. The molecule has 20 heavy (non-hydrogen) atoms. The maximum Gasteiger partial charge on any atom is 0.573 e. The van der Waals surface area contributed by atoms with E-state index in [1.165, 1.54) is 12.1 Å². The van der Waals surface area contributed by atoms with Crippen LogP contribution in [0.5, 0.6) is 5.75 Å². The number of ether oxygens (including phenoxy) is 1. The minimum absolute atomic E-state index is 0.136. The molecular weight excluding hydrogens is 275 g/mol. The van der Waals surface area contributed by atoms with Gasteiger partial charge in [0.25, 0.3) is 0 Å². The molecule has 0 atom stereocenters. The second kappa shape index (κ2) is 6.61. The summed E-state index contributed by atoms with van der Waals surface area (Å²) in [5, 5.41) is 17.0. The molecular formula is C13H10F3NO3. The van der Waals surface area contributed by atoms with Crippen molar-refractivity contribution in [3.05, 3.63) is 35.4 Å². The molecule has 7 heteroatoms. The van der Waals surface area contributed by atoms with Gasteiger partial charge in [0.05, 0.1) is 6.07 Å². The lowest BCUT2D eigenvalue weighted by Gasteiger charge is -2.11. The fourth-order valence-electron chi connectivity index (χ4n) is 1.49. The summed E-state index contributed by atoms with van der Waals surface area (Å²) in [6.45, 7) is 0. The number of aryl methyl sites for hydroxylation is 1. The third kappa shape index (κ3) is 5.91. The van der Waals surface area contributed by atoms with Gasteiger partial charge in [0.1, 0.15) is 5.75 Å². The molecule has 0 aliphatic carbocycles. The topological polar surface area (TPSA) is 70.3 Å². The molecule has 0 saturated heterocycles. The van der Waals surface area contributed by atoms with Crippen LogP contribution < -0.4 is 4.74 Å². The highest BCUT2D eigenvalue weighted by Crippen LogP contribution is 2.26. The van der Waals surface area contributed by atoms with Crippen molar-refractivity contribution in [1.82, 2.24) is 0 Å². The van der Waals surface area contributed by atoms with Crippen molar-refractivity contribution in [3.63, 3.8) is 0 Å². The van der Waals surface area contributed by atoms with Crippen LogP contribution in [0.15, 0.2) is 24.3 Å². The molecule has 4 nitrogen and oxygen atoms in total. The molecule has 1 rings (SSSR count). The number of halogens is 3. The van der Waals surface area contributed by atoms with E-state index in [-0.39, 0.29) is 18.4 Å². The molecule has 0 bridgehead atoms. The molecule has 0 unspecified atom stereocenters. The van der Waals surface area contributed by atoms with Crippen LogP contribution >= 0.6 is 0 Å². The number of hydrogen-bond donors (Lipinski definition) is 1. The Morgan fingerprint density at radius 2 is 2.10 bits per heavy atom. The number of benzene rings is 1. The van der Waals surface area contributed by atoms with E-state index in [0.717, 1.165) is 18.2 Å². The summed E-state index contributed by atoms with van der Waals surface area (Å²) in [6.07, 6.45) is -2.49. The number of nitriles is 1. The van der Waals surface area contributed by atoms with Crippen LogP contribution in [0.2, 0.25) is 0 Å². The lowest BCUT2D eigenvalue weighted by molar-refractivity contribution is -0.274. The van der Waals surface area contributed by atoms with Crippen LogP contribution in [0.25, 0.3) is 6.08 Å². The van der Waals surface area contributed by atoms with Gasteiger partial charge in [-0.15, -0.1) is 13.2 Å². The average Bonchev–Trinajstić information content (AvgIpc) is 2.31. The van der Waals surface area contributed by atoms with Gasteiger partial charge in [0.15, 0.2) is 0 Å². The zero-order valence-electron chi connectivity index (χ0n) is 10.1. The number of hydrogen-bond acceptors (Lipinski definition) is 3. The van der Waals surface area contributed by atoms with Crippen molar-refractivity contribution in [2.75, 3.05) is 0 Å². The van der Waals surface area contributed by atoms with Crippen LogP contribution in [0.3, 0.4) is 0 Å². The molecule has 0 aliphatic heterocycles. The predicted molar refractivity (Wildman–Crippen MR) is 63.7 cm³/mol. The van der Waals surface area contributed by atoms with Crippen molar-refractivity contribution >= 4 is 12.0 Å². The summed E-state index contributed by atoms with van der Waals surface area (Å²) >= 11 is 0. The molecule has 0 saturated carbocycles. The maximum absolute atomic E-state index is 12.2. The first-order valence-corrected chi connectivity index (χ1v) is 5.48. The van der Waals surface area contributed by atoms with E-state index in [9.17, 15) is 18.0 Å². The Balaban J connectivity index is 3.07. The zero-order chi connectivity index (χ0) is 15.2. The van der Waals surface area contributed by atoms with Crippen LogP contribution in [-0.4, -0.2) is 17.4 Å². The van der Waals surface area contributed by atoms with E-state index in [0.29, 0.717) is 5.56 Å². The summed E-state index contributed by atoms with van der Waals surface area (Å²) in [6, 6.07) is 5.62. The Kier molecular flexibility index (Phi) is 5.15. The first kappa shape index (κ1) is 15.6. The van der Waals surface area contributed by atoms with E-state index in [1.54, 1.807) is 0 Å². The molecule has 0 aliphatic rings. The van der Waals surface area contributed by atoms with Gasteiger partial charge in [-0.3, -0.25) is 0 Å². The Hall–Kier alpha value is -2.49. The summed E-state index contributed by atoms with van der Waals surface area (Å²) in [7, 11) is 0. The van der Waals surface area contributed by atoms with Gasteiger partial charge in [-0.25, -0.2) is 4.79 Å². The molecule has 106 valence electrons. The van der Waals surface area contributed by atoms with E-state index in [2.05, 4.69) is 4.74 Å². The highest BCUT2D eigenvalue weighted by atomic mass is 19.4. The SMILES string of the molecule is N#CCCc1cc(/C=C/C(=O)O)cc(OC(F)(F)F)c1. The molecule has 0 amide bonds. The molecule has 0 spiro atoms. The van der Waals surface area contributed by atoms with E-state index < -0.39 is 18.1 Å². The average molecular weight is 285 g/mol. The van der Waals surface area contributed by atoms with Crippen LogP contribution in [0, 0.1) is 11.3 Å². The Labute approximate surface area is 112 Å². The Morgan fingerprint density at radius 3 is 2.65 bits per heavy atom. The quantitative estimate of drug-likeness (QED) is 0.844. The number of carboxylic acid groups (broad SMARTS) is 1. The Bertz CT molecular complexity index is 559. The monoisotopic (exact) mass is 285 g/mol. The number of aliphatic carboxylic acids is 1. The predicted octanol–water partition coefficient (Wildman–Crippen LogP) is 3.14. The van der Waals surface area contributed by atoms with E-state index in [1.807, 2.05) is 6.07 Å². The van der Waals surface area contributed by atoms with Gasteiger partial charge >= 0.3 is 12.3 Å². The van der Waals surface area contributed by atoms with Crippen LogP contribution in [0.4, 0.5) is 13.2 Å². The highest BCUT2D eigenvalue weighted by Gasteiger charge is 2.31. The minimum atomic E-state index is -4.83. The molecule has 0 fully saturated rings. The second-order valence-electron chi connectivity index (χ2n) is 3.79. The number of nitrogens with zero attached hydrogens (tertiary/aromatic N) is 1. The summed E-state index contributed by atoms with van der Waals surface area (Å²) < 4.78 is 40.4. The van der Waals surface area contributed by atoms with Crippen LogP contribution in [0.1, 0.15) is 17.5 Å². The van der Waals surface area contributed by atoms with Gasteiger partial charge in [0, 0.05) is 12.5 Å². The van der Waals surface area contributed by atoms with Gasteiger partial charge in [0.2, 0.25) is 0 Å². The fraction of sp³-hybridized carbons (Fsp3) is 0.231. The summed E-state index contributed by atoms with van der Waals surface area (Å²) in [4.78, 5) is 10.4. The van der Waals surface area contributed by atoms with Gasteiger partial charge in [-0.05, 0) is 35.8 Å². The van der Waals surface area contributed by atoms with Gasteiger partial charge < -0.3 is 9.84 Å². The van der Waals surface area contributed by atoms with Crippen molar-refractivity contribution in [3.8, 4) is 11.8 Å². The fourth-order valence-corrected chi connectivity index (χ4v) is 1.49. The second-order valence-corrected chi connectivity index (χ2v) is 3.79. The minimum Gasteiger partial charge on any atom is -0.478 e. The van der Waals surface area contributed by atoms with Crippen molar-refractivity contribution in [2.45, 2.75) is 19.2 Å². The lowest BCUT2D eigenvalue weighted by Crippen LogP contribution is -2.17. The van der Waals surface area contributed by atoms with Gasteiger partial charge in [-0.2, -0.15) is 5.26 Å². The van der Waals surface area contributed by atoms with Gasteiger partial charge in [-0.1, -0.05) is 6.07 Å². The van der Waals surface area contributed by atoms with Crippen molar-refractivity contribution in [1.29, 1.82) is 5.26 Å². The number of carboxylic acids is 1. The summed E-state index contributed by atoms with van der Waals surface area (Å²) in [5.74, 6) is -1.66. The largest absolute Gasteiger partial charge is 0.573 e. The highest BCUT2D eigenvalue weighted by molar-refractivity contribution is 5.85. The first-order valence-electron chi connectivity index (χ1n) is 5.48. The Morgan fingerprint density at radius 1 is 1.40 bits per heavy atom. The third-order valence-corrected chi connectivity index (χ3v) is 2.17. The molecule has 0 radical (unpaired) electrons. The van der Waals surface area contributed by atoms with E-state index >= 15 is 0 Å². The van der Waals surface area contributed by atoms with Crippen molar-refractivity contribution in [2.24, 2.45) is 0 Å². The van der Waals surface area contributed by atoms with E-state index in [4.69, 9.17) is 10.4 Å². The molecule has 1 aromatic carbocycles. The molecule has 1 N–H and O–H groups in total. The number of rotatable bonds is 5. The maximum atomic E-state index is 12.2. The smallest absolute Gasteiger partial charge is 0.478 e. The molecule has 0 heterocycles. The third-order valence-electron chi connectivity index (χ3n) is 2.17. The number of alkyl halides is 3.